The summed E-state index contributed by atoms with van der Waals surface area (Å²) >= 11 is 0. The molecule has 0 aliphatic heterocycles. The zero-order chi connectivity index (χ0) is 15.8. The number of nitrogens with zero attached hydrogens (tertiary/aromatic N) is 1. The molecule has 0 radical (unpaired) electrons. The van der Waals surface area contributed by atoms with Crippen LogP contribution in [-0.4, -0.2) is 22.1 Å². The SMILES string of the molecule is CC(=O)O[C@H](c1c[nH]c2ccc([N+](=O)[O-])cc12)C(F)(F)F. The Morgan fingerprint density at radius 3 is 2.62 bits per heavy atom. The van der Waals surface area contributed by atoms with E-state index in [1.165, 1.54) is 6.07 Å². The van der Waals surface area contributed by atoms with E-state index in [2.05, 4.69) is 9.72 Å². The highest BCUT2D eigenvalue weighted by Gasteiger charge is 2.45. The van der Waals surface area contributed by atoms with Gasteiger partial charge in [-0.2, -0.15) is 13.2 Å². The summed E-state index contributed by atoms with van der Waals surface area (Å²) in [6, 6.07) is 3.46. The summed E-state index contributed by atoms with van der Waals surface area (Å²) in [7, 11) is 0. The van der Waals surface area contributed by atoms with Crippen LogP contribution in [0.3, 0.4) is 0 Å². The molecule has 2 rings (SSSR count). The maximum absolute atomic E-state index is 13.0. The average molecular weight is 302 g/mol. The molecule has 0 aliphatic carbocycles. The second kappa shape index (κ2) is 5.08. The molecule has 0 saturated carbocycles. The minimum Gasteiger partial charge on any atom is -0.448 e. The standard InChI is InChI=1S/C12H9F3N2O4/c1-6(18)21-11(12(13,14)15)9-5-16-10-3-2-7(17(19)20)4-8(9)10/h2-5,11,16H,1H3/t11-/m1/s1. The van der Waals surface area contributed by atoms with Crippen LogP contribution in [0.25, 0.3) is 10.9 Å². The second-order valence-corrected chi connectivity index (χ2v) is 4.26. The van der Waals surface area contributed by atoms with Gasteiger partial charge >= 0.3 is 12.1 Å². The Morgan fingerprint density at radius 1 is 1.43 bits per heavy atom. The average Bonchev–Trinajstić information content (AvgIpc) is 2.76. The highest BCUT2D eigenvalue weighted by Crippen LogP contribution is 2.39. The van der Waals surface area contributed by atoms with Gasteiger partial charge in [0.25, 0.3) is 5.69 Å². The molecule has 1 N–H and O–H groups in total. The number of non-ortho nitro benzene ring substituents is 1. The monoisotopic (exact) mass is 302 g/mol. The van der Waals surface area contributed by atoms with Crippen molar-refractivity contribution in [3.05, 3.63) is 40.1 Å². The van der Waals surface area contributed by atoms with Crippen LogP contribution >= 0.6 is 0 Å². The minimum atomic E-state index is -4.83. The first kappa shape index (κ1) is 14.8. The van der Waals surface area contributed by atoms with Crippen molar-refractivity contribution in [2.24, 2.45) is 0 Å². The van der Waals surface area contributed by atoms with Gasteiger partial charge in [0.15, 0.2) is 0 Å². The number of aromatic amines is 1. The van der Waals surface area contributed by atoms with Gasteiger partial charge in [-0.15, -0.1) is 0 Å². The number of benzene rings is 1. The number of fused-ring (bicyclic) bond motifs is 1. The maximum atomic E-state index is 13.0. The molecule has 2 aromatic rings. The van der Waals surface area contributed by atoms with Crippen LogP contribution in [0.15, 0.2) is 24.4 Å². The fraction of sp³-hybridized carbons (Fsp3) is 0.250. The van der Waals surface area contributed by atoms with Gasteiger partial charge in [0.2, 0.25) is 6.10 Å². The van der Waals surface area contributed by atoms with Crippen molar-refractivity contribution in [1.29, 1.82) is 0 Å². The molecule has 1 aromatic heterocycles. The number of halogens is 3. The third-order valence-electron chi connectivity index (χ3n) is 2.77. The number of alkyl halides is 3. The summed E-state index contributed by atoms with van der Waals surface area (Å²) in [5, 5.41) is 10.7. The number of aromatic nitrogens is 1. The van der Waals surface area contributed by atoms with Crippen molar-refractivity contribution in [3.8, 4) is 0 Å². The van der Waals surface area contributed by atoms with Gasteiger partial charge in [0.05, 0.1) is 4.92 Å². The van der Waals surface area contributed by atoms with Gasteiger partial charge in [-0.3, -0.25) is 14.9 Å². The fourth-order valence-electron chi connectivity index (χ4n) is 1.93. The van der Waals surface area contributed by atoms with E-state index in [1.54, 1.807) is 0 Å². The first-order valence-electron chi connectivity index (χ1n) is 5.69. The molecule has 21 heavy (non-hydrogen) atoms. The molecule has 0 amide bonds. The van der Waals surface area contributed by atoms with E-state index >= 15 is 0 Å². The number of esters is 1. The van der Waals surface area contributed by atoms with Crippen LogP contribution in [0.4, 0.5) is 18.9 Å². The number of nitrogens with one attached hydrogen (secondary N) is 1. The van der Waals surface area contributed by atoms with E-state index in [1.807, 2.05) is 0 Å². The number of rotatable bonds is 3. The van der Waals surface area contributed by atoms with Crippen molar-refractivity contribution >= 4 is 22.6 Å². The predicted molar refractivity (Wildman–Crippen MR) is 65.5 cm³/mol. The summed E-state index contributed by atoms with van der Waals surface area (Å²) in [5.41, 5.74) is -0.458. The number of hydrogen-bond donors (Lipinski definition) is 1. The number of ether oxygens (including phenoxy) is 1. The lowest BCUT2D eigenvalue weighted by Gasteiger charge is -2.19. The molecule has 112 valence electrons. The fourth-order valence-corrected chi connectivity index (χ4v) is 1.93. The molecule has 0 saturated heterocycles. The molecular formula is C12H9F3N2O4. The summed E-state index contributed by atoms with van der Waals surface area (Å²) in [6.45, 7) is 0.857. The van der Waals surface area contributed by atoms with E-state index in [-0.39, 0.29) is 22.2 Å². The molecule has 1 aromatic carbocycles. The van der Waals surface area contributed by atoms with Gasteiger partial charge in [-0.1, -0.05) is 0 Å². The molecule has 0 aliphatic rings. The molecule has 0 bridgehead atoms. The zero-order valence-corrected chi connectivity index (χ0v) is 10.6. The topological polar surface area (TPSA) is 85.2 Å². The molecule has 0 unspecified atom stereocenters. The summed E-state index contributed by atoms with van der Waals surface area (Å²) in [6.07, 6.45) is -6.29. The molecular weight excluding hydrogens is 293 g/mol. The third-order valence-corrected chi connectivity index (χ3v) is 2.77. The lowest BCUT2D eigenvalue weighted by atomic mass is 10.1. The van der Waals surface area contributed by atoms with Crippen molar-refractivity contribution in [2.45, 2.75) is 19.2 Å². The summed E-state index contributed by atoms with van der Waals surface area (Å²) < 4.78 is 43.3. The molecule has 1 atom stereocenters. The Morgan fingerprint density at radius 2 is 2.10 bits per heavy atom. The number of nitro benzene ring substituents is 1. The largest absolute Gasteiger partial charge is 0.448 e. The normalized spacial score (nSPS) is 13.1. The lowest BCUT2D eigenvalue weighted by Crippen LogP contribution is -2.25. The Balaban J connectivity index is 2.59. The van der Waals surface area contributed by atoms with Crippen molar-refractivity contribution in [2.75, 3.05) is 0 Å². The molecule has 0 spiro atoms. The molecule has 0 fully saturated rings. The summed E-state index contributed by atoms with van der Waals surface area (Å²) in [4.78, 5) is 23.4. The highest BCUT2D eigenvalue weighted by molar-refractivity contribution is 5.86. The van der Waals surface area contributed by atoms with Gasteiger partial charge < -0.3 is 9.72 Å². The van der Waals surface area contributed by atoms with Gasteiger partial charge in [0.1, 0.15) is 0 Å². The van der Waals surface area contributed by atoms with Gasteiger partial charge in [0, 0.05) is 41.7 Å². The zero-order valence-electron chi connectivity index (χ0n) is 10.6. The number of hydrogen-bond acceptors (Lipinski definition) is 4. The van der Waals surface area contributed by atoms with Crippen LogP contribution in [-0.2, 0) is 9.53 Å². The van der Waals surface area contributed by atoms with Gasteiger partial charge in [-0.25, -0.2) is 0 Å². The van der Waals surface area contributed by atoms with Gasteiger partial charge in [-0.05, 0) is 6.07 Å². The Bertz CT molecular complexity index is 708. The number of nitro groups is 1. The second-order valence-electron chi connectivity index (χ2n) is 4.26. The van der Waals surface area contributed by atoms with E-state index in [0.717, 1.165) is 25.3 Å². The molecule has 1 heterocycles. The van der Waals surface area contributed by atoms with E-state index in [9.17, 15) is 28.1 Å². The molecule has 6 nitrogen and oxygen atoms in total. The smallest absolute Gasteiger partial charge is 0.429 e. The third kappa shape index (κ3) is 2.96. The summed E-state index contributed by atoms with van der Waals surface area (Å²) in [5.74, 6) is -1.10. The van der Waals surface area contributed by atoms with Crippen molar-refractivity contribution < 1.29 is 27.6 Å². The quantitative estimate of drug-likeness (QED) is 0.536. The van der Waals surface area contributed by atoms with Crippen LogP contribution in [0.2, 0.25) is 0 Å². The maximum Gasteiger partial charge on any atom is 0.429 e. The Hall–Kier alpha value is -2.58. The first-order chi connectivity index (χ1) is 9.70. The van der Waals surface area contributed by atoms with E-state index in [0.29, 0.717) is 0 Å². The lowest BCUT2D eigenvalue weighted by molar-refractivity contribution is -0.384. The number of H-pyrrole nitrogens is 1. The minimum absolute atomic E-state index is 0.0206. The number of carbonyl (C=O) groups excluding carboxylic acids is 1. The Kier molecular flexibility index (Phi) is 3.58. The van der Waals surface area contributed by atoms with Crippen LogP contribution in [0.5, 0.6) is 0 Å². The van der Waals surface area contributed by atoms with Crippen LogP contribution < -0.4 is 0 Å². The number of carbonyl (C=O) groups is 1. The van der Waals surface area contributed by atoms with Crippen LogP contribution in [0.1, 0.15) is 18.6 Å². The van der Waals surface area contributed by atoms with Crippen molar-refractivity contribution in [3.63, 3.8) is 0 Å². The van der Waals surface area contributed by atoms with E-state index < -0.39 is 23.2 Å². The van der Waals surface area contributed by atoms with Crippen LogP contribution in [0, 0.1) is 10.1 Å². The Labute approximate surface area is 115 Å². The van der Waals surface area contributed by atoms with E-state index in [4.69, 9.17) is 0 Å². The molecule has 9 heteroatoms. The predicted octanol–water partition coefficient (Wildman–Crippen LogP) is 3.24. The highest BCUT2D eigenvalue weighted by atomic mass is 19.4. The first-order valence-corrected chi connectivity index (χ1v) is 5.69. The van der Waals surface area contributed by atoms with Crippen molar-refractivity contribution in [1.82, 2.24) is 4.98 Å².